The molecule has 2 aromatic rings. The largest absolute Gasteiger partial charge is 0.351 e. The molecule has 0 aliphatic heterocycles. The Labute approximate surface area is 212 Å². The summed E-state index contributed by atoms with van der Waals surface area (Å²) in [6.07, 6.45) is 6.89. The van der Waals surface area contributed by atoms with Crippen LogP contribution in [-0.2, 0) is 20.8 Å². The van der Waals surface area contributed by atoms with E-state index in [0.29, 0.717) is 37.6 Å². The number of aromatic nitrogens is 1. The Morgan fingerprint density at radius 2 is 1.94 bits per heavy atom. The van der Waals surface area contributed by atoms with Gasteiger partial charge in [-0.25, -0.2) is 4.98 Å². The minimum absolute atomic E-state index is 0.145. The molecule has 35 heavy (non-hydrogen) atoms. The molecular formula is C27H38N4O3S. The molecule has 7 nitrogen and oxygen atoms in total. The zero-order valence-corrected chi connectivity index (χ0v) is 21.9. The van der Waals surface area contributed by atoms with Crippen molar-refractivity contribution in [2.24, 2.45) is 5.92 Å². The molecule has 0 saturated heterocycles. The third-order valence-electron chi connectivity index (χ3n) is 6.61. The van der Waals surface area contributed by atoms with Crippen LogP contribution in [0, 0.1) is 5.92 Å². The van der Waals surface area contributed by atoms with Gasteiger partial charge in [0.15, 0.2) is 0 Å². The van der Waals surface area contributed by atoms with Gasteiger partial charge in [0, 0.05) is 25.4 Å². The van der Waals surface area contributed by atoms with Crippen molar-refractivity contribution in [3.63, 3.8) is 0 Å². The van der Waals surface area contributed by atoms with Crippen LogP contribution in [0.15, 0.2) is 30.9 Å². The average Bonchev–Trinajstić information content (AvgIpc) is 3.50. The lowest BCUT2D eigenvalue weighted by molar-refractivity contribution is -0.129. The zero-order valence-electron chi connectivity index (χ0n) is 21.1. The van der Waals surface area contributed by atoms with Gasteiger partial charge in [0.2, 0.25) is 17.7 Å². The van der Waals surface area contributed by atoms with Crippen molar-refractivity contribution >= 4 is 39.3 Å². The van der Waals surface area contributed by atoms with Gasteiger partial charge in [-0.05, 0) is 54.9 Å². The average molecular weight is 499 g/mol. The maximum absolute atomic E-state index is 13.4. The number of nitrogens with one attached hydrogen (secondary N) is 3. The van der Waals surface area contributed by atoms with Crippen molar-refractivity contribution in [1.82, 2.24) is 20.9 Å². The van der Waals surface area contributed by atoms with E-state index < -0.39 is 6.04 Å². The molecule has 1 saturated carbocycles. The second kappa shape index (κ2) is 12.8. The highest BCUT2D eigenvalue weighted by atomic mass is 32.1. The second-order valence-electron chi connectivity index (χ2n) is 9.67. The summed E-state index contributed by atoms with van der Waals surface area (Å²) in [7, 11) is 0. The fourth-order valence-corrected chi connectivity index (χ4v) is 5.64. The van der Waals surface area contributed by atoms with Crippen LogP contribution < -0.4 is 16.0 Å². The molecule has 1 fully saturated rings. The Kier molecular flexibility index (Phi) is 9.83. The molecule has 0 radical (unpaired) electrons. The maximum Gasteiger partial charge on any atom is 0.243 e. The monoisotopic (exact) mass is 498 g/mol. The van der Waals surface area contributed by atoms with Gasteiger partial charge < -0.3 is 16.0 Å². The van der Waals surface area contributed by atoms with Crippen LogP contribution in [0.3, 0.4) is 0 Å². The summed E-state index contributed by atoms with van der Waals surface area (Å²) in [5, 5.41) is 9.70. The highest BCUT2D eigenvalue weighted by molar-refractivity contribution is 7.18. The number of fused-ring (bicyclic) bond motifs is 1. The van der Waals surface area contributed by atoms with Crippen molar-refractivity contribution in [1.29, 1.82) is 0 Å². The Morgan fingerprint density at radius 3 is 2.60 bits per heavy atom. The van der Waals surface area contributed by atoms with Gasteiger partial charge >= 0.3 is 0 Å². The number of hydrogen-bond donors (Lipinski definition) is 3. The zero-order chi connectivity index (χ0) is 25.4. The van der Waals surface area contributed by atoms with Gasteiger partial charge in [0.05, 0.1) is 15.2 Å². The number of carbonyl (C=O) groups is 3. The predicted molar refractivity (Wildman–Crippen MR) is 141 cm³/mol. The highest BCUT2D eigenvalue weighted by Crippen LogP contribution is 2.29. The summed E-state index contributed by atoms with van der Waals surface area (Å²) in [6.45, 7) is 10.1. The molecule has 0 unspecified atom stereocenters. The lowest BCUT2D eigenvalue weighted by Crippen LogP contribution is -2.54. The summed E-state index contributed by atoms with van der Waals surface area (Å²) in [5.74, 6) is 0.0822. The molecule has 3 amide bonds. The molecule has 2 atom stereocenters. The lowest BCUT2D eigenvalue weighted by Gasteiger charge is -2.27. The summed E-state index contributed by atoms with van der Waals surface area (Å²) in [6, 6.07) is 5.35. The molecule has 1 aromatic heterocycles. The molecule has 1 heterocycles. The number of nitrogens with zero attached hydrogens (tertiary/aromatic N) is 1. The third kappa shape index (κ3) is 7.62. The quantitative estimate of drug-likeness (QED) is 0.381. The van der Waals surface area contributed by atoms with Crippen LogP contribution in [0.4, 0.5) is 0 Å². The number of amides is 3. The van der Waals surface area contributed by atoms with Crippen LogP contribution in [-0.4, -0.2) is 41.3 Å². The van der Waals surface area contributed by atoms with E-state index in [2.05, 4.69) is 48.5 Å². The van der Waals surface area contributed by atoms with Gasteiger partial charge in [-0.1, -0.05) is 46.3 Å². The number of carbonyl (C=O) groups excluding carboxylic acids is 3. The predicted octanol–water partition coefficient (Wildman–Crippen LogP) is 4.22. The molecule has 1 aliphatic carbocycles. The number of benzene rings is 1. The van der Waals surface area contributed by atoms with E-state index in [0.717, 1.165) is 40.9 Å². The summed E-state index contributed by atoms with van der Waals surface area (Å²) in [5.41, 5.74) is 2.16. The molecule has 0 bridgehead atoms. The van der Waals surface area contributed by atoms with Gasteiger partial charge in [0.1, 0.15) is 6.04 Å². The standard InChI is InChI=1S/C27H38N4O3S/c1-5-9-25(33)29-21(15-26-30-20-13-12-19(17(3)4)14-23(20)35-26)27(34)31-22(16-28-24(32)6-2)18-10-7-8-11-18/h6,12-14,17-18,21-22H,2,5,7-11,15-16H2,1,3-4H3,(H,28,32)(H,29,33)(H,31,34)/t21-,22+/m0/s1. The van der Waals surface area contributed by atoms with E-state index >= 15 is 0 Å². The smallest absolute Gasteiger partial charge is 0.243 e. The Hall–Kier alpha value is -2.74. The first-order chi connectivity index (χ1) is 16.8. The van der Waals surface area contributed by atoms with Gasteiger partial charge in [-0.15, -0.1) is 11.3 Å². The molecule has 3 rings (SSSR count). The Morgan fingerprint density at radius 1 is 1.20 bits per heavy atom. The molecular weight excluding hydrogens is 460 g/mol. The van der Waals surface area contributed by atoms with Crippen molar-refractivity contribution in [2.45, 2.75) is 83.7 Å². The molecule has 1 aliphatic rings. The van der Waals surface area contributed by atoms with E-state index in [-0.39, 0.29) is 23.8 Å². The van der Waals surface area contributed by atoms with Gasteiger partial charge in [0.25, 0.3) is 0 Å². The fourth-order valence-electron chi connectivity index (χ4n) is 4.57. The summed E-state index contributed by atoms with van der Waals surface area (Å²) in [4.78, 5) is 42.4. The SMILES string of the molecule is C=CC(=O)NC[C@@H](NC(=O)[C@H](Cc1nc2ccc(C(C)C)cc2s1)NC(=O)CCC)C1CCCC1. The minimum Gasteiger partial charge on any atom is -0.351 e. The van der Waals surface area contributed by atoms with E-state index in [1.54, 1.807) is 11.3 Å². The van der Waals surface area contributed by atoms with Crippen LogP contribution in [0.25, 0.3) is 10.2 Å². The van der Waals surface area contributed by atoms with Crippen molar-refractivity contribution in [3.8, 4) is 0 Å². The topological polar surface area (TPSA) is 100 Å². The highest BCUT2D eigenvalue weighted by Gasteiger charge is 2.30. The first-order valence-corrected chi connectivity index (χ1v) is 13.5. The van der Waals surface area contributed by atoms with Gasteiger partial charge in [-0.3, -0.25) is 14.4 Å². The maximum atomic E-state index is 13.4. The van der Waals surface area contributed by atoms with E-state index in [1.807, 2.05) is 13.0 Å². The van der Waals surface area contributed by atoms with E-state index in [1.165, 1.54) is 11.6 Å². The Bertz CT molecular complexity index is 1040. The normalized spacial score (nSPS) is 15.7. The first kappa shape index (κ1) is 26.9. The third-order valence-corrected chi connectivity index (χ3v) is 7.65. The van der Waals surface area contributed by atoms with Crippen LogP contribution in [0.1, 0.15) is 75.8 Å². The van der Waals surface area contributed by atoms with E-state index in [9.17, 15) is 14.4 Å². The van der Waals surface area contributed by atoms with Gasteiger partial charge in [-0.2, -0.15) is 0 Å². The van der Waals surface area contributed by atoms with Crippen LogP contribution >= 0.6 is 11.3 Å². The van der Waals surface area contributed by atoms with E-state index in [4.69, 9.17) is 4.98 Å². The van der Waals surface area contributed by atoms with Crippen molar-refractivity contribution < 1.29 is 14.4 Å². The fraction of sp³-hybridized carbons (Fsp3) is 0.556. The van der Waals surface area contributed by atoms with Crippen LogP contribution in [0.5, 0.6) is 0 Å². The molecule has 1 aromatic carbocycles. The number of hydrogen-bond acceptors (Lipinski definition) is 5. The van der Waals surface area contributed by atoms with Crippen molar-refractivity contribution in [3.05, 3.63) is 41.4 Å². The first-order valence-electron chi connectivity index (χ1n) is 12.7. The Balaban J connectivity index is 1.78. The van der Waals surface area contributed by atoms with Crippen LogP contribution in [0.2, 0.25) is 0 Å². The molecule has 3 N–H and O–H groups in total. The second-order valence-corrected chi connectivity index (χ2v) is 10.8. The summed E-state index contributed by atoms with van der Waals surface area (Å²) < 4.78 is 1.08. The summed E-state index contributed by atoms with van der Waals surface area (Å²) >= 11 is 1.57. The minimum atomic E-state index is -0.724. The number of rotatable bonds is 12. The molecule has 190 valence electrons. The van der Waals surface area contributed by atoms with Crippen molar-refractivity contribution in [2.75, 3.05) is 6.54 Å². The molecule has 0 spiro atoms. The number of thiazole rings is 1. The molecule has 8 heteroatoms. The lowest BCUT2D eigenvalue weighted by atomic mass is 9.97.